The largest absolute Gasteiger partial charge is 0.497 e. The molecule has 7 nitrogen and oxygen atoms in total. The van der Waals surface area contributed by atoms with Gasteiger partial charge in [0.25, 0.3) is 0 Å². The van der Waals surface area contributed by atoms with Gasteiger partial charge in [0.15, 0.2) is 5.17 Å². The molecule has 1 aromatic carbocycles. The molecule has 1 fully saturated rings. The monoisotopic (exact) mass is 335 g/mol. The van der Waals surface area contributed by atoms with Crippen molar-refractivity contribution in [2.24, 2.45) is 10.2 Å². The zero-order valence-electron chi connectivity index (χ0n) is 12.8. The Morgan fingerprint density at radius 2 is 2.13 bits per heavy atom. The second kappa shape index (κ2) is 8.33. The topological polar surface area (TPSA) is 89.3 Å². The third-order valence-electron chi connectivity index (χ3n) is 2.93. The molecule has 1 unspecified atom stereocenters. The van der Waals surface area contributed by atoms with Gasteiger partial charge < -0.3 is 14.8 Å². The predicted molar refractivity (Wildman–Crippen MR) is 88.8 cm³/mol. The Hall–Kier alpha value is -2.35. The normalized spacial score (nSPS) is 19.1. The Bertz CT molecular complexity index is 628. The number of carbonyl (C=O) groups excluding carboxylic acids is 2. The van der Waals surface area contributed by atoms with Crippen LogP contribution in [0.25, 0.3) is 0 Å². The minimum atomic E-state index is -0.355. The Labute approximate surface area is 138 Å². The molecule has 0 aromatic heterocycles. The van der Waals surface area contributed by atoms with Crippen LogP contribution >= 0.6 is 11.8 Å². The molecule has 122 valence electrons. The zero-order valence-corrected chi connectivity index (χ0v) is 13.6. The minimum absolute atomic E-state index is 0.152. The molecule has 1 aromatic rings. The van der Waals surface area contributed by atoms with Gasteiger partial charge >= 0.3 is 5.97 Å². The number of hydrogen-bond acceptors (Lipinski definition) is 7. The zero-order chi connectivity index (χ0) is 16.7. The number of thioether (sulfide) groups is 1. The summed E-state index contributed by atoms with van der Waals surface area (Å²) in [5.41, 5.74) is 0.871. The lowest BCUT2D eigenvalue weighted by atomic mass is 10.2. The van der Waals surface area contributed by atoms with Crippen LogP contribution in [0.3, 0.4) is 0 Å². The van der Waals surface area contributed by atoms with Crippen molar-refractivity contribution >= 4 is 35.0 Å². The fourth-order valence-electron chi connectivity index (χ4n) is 1.79. The summed E-state index contributed by atoms with van der Waals surface area (Å²) in [6.45, 7) is 1.55. The van der Waals surface area contributed by atoms with E-state index in [-0.39, 0.29) is 23.7 Å². The smallest absolute Gasteiger partial charge is 0.302 e. The van der Waals surface area contributed by atoms with E-state index in [0.717, 1.165) is 11.3 Å². The number of nitrogens with one attached hydrogen (secondary N) is 1. The van der Waals surface area contributed by atoms with Gasteiger partial charge in [0, 0.05) is 13.3 Å². The van der Waals surface area contributed by atoms with Crippen LogP contribution < -0.4 is 10.1 Å². The first-order chi connectivity index (χ1) is 11.1. The molecule has 1 aliphatic rings. The van der Waals surface area contributed by atoms with E-state index in [1.807, 2.05) is 24.3 Å². The van der Waals surface area contributed by atoms with Crippen molar-refractivity contribution in [3.63, 3.8) is 0 Å². The van der Waals surface area contributed by atoms with Gasteiger partial charge in [0.05, 0.1) is 25.2 Å². The molecule has 1 atom stereocenters. The Morgan fingerprint density at radius 1 is 1.39 bits per heavy atom. The highest BCUT2D eigenvalue weighted by molar-refractivity contribution is 8.15. The number of esters is 1. The summed E-state index contributed by atoms with van der Waals surface area (Å²) in [5, 5.41) is 10.7. The van der Waals surface area contributed by atoms with Crippen LogP contribution in [0.5, 0.6) is 5.75 Å². The molecule has 0 spiro atoms. The van der Waals surface area contributed by atoms with Gasteiger partial charge in [0.1, 0.15) is 5.75 Å². The van der Waals surface area contributed by atoms with Crippen molar-refractivity contribution in [1.29, 1.82) is 0 Å². The molecule has 0 aliphatic carbocycles. The first kappa shape index (κ1) is 17.0. The molecular formula is C15H17N3O4S. The molecule has 0 radical (unpaired) electrons. The summed E-state index contributed by atoms with van der Waals surface area (Å²) in [5.74, 6) is 0.259. The second-order valence-electron chi connectivity index (χ2n) is 4.65. The molecule has 1 N–H and O–H groups in total. The number of methoxy groups -OCH3 is 1. The fraction of sp³-hybridized carbons (Fsp3) is 0.333. The third-order valence-corrected chi connectivity index (χ3v) is 4.07. The number of carbonyl (C=O) groups is 2. The molecular weight excluding hydrogens is 318 g/mol. The standard InChI is InChI=1S/C15H17N3O4S/c1-10(19)22-8-7-13-14(20)17-15(23-13)18-16-9-11-3-5-12(21-2)6-4-11/h3-6,9,13H,7-8H2,1-2H3,(H,17,18,20)/b16-9+. The van der Waals surface area contributed by atoms with Gasteiger partial charge in [-0.15, -0.1) is 5.10 Å². The third kappa shape index (κ3) is 5.41. The molecule has 0 bridgehead atoms. The average Bonchev–Trinajstić information content (AvgIpc) is 2.88. The highest BCUT2D eigenvalue weighted by atomic mass is 32.2. The number of amidine groups is 1. The van der Waals surface area contributed by atoms with Crippen LogP contribution in [0.15, 0.2) is 34.5 Å². The molecule has 1 amide bonds. The van der Waals surface area contributed by atoms with Gasteiger partial charge in [-0.3, -0.25) is 9.59 Å². The molecule has 8 heteroatoms. The van der Waals surface area contributed by atoms with Gasteiger partial charge in [-0.2, -0.15) is 5.10 Å². The Balaban J connectivity index is 1.86. The molecule has 0 saturated carbocycles. The number of ether oxygens (including phenoxy) is 2. The molecule has 2 rings (SSSR count). The van der Waals surface area contributed by atoms with Gasteiger partial charge in [-0.05, 0) is 29.8 Å². The Morgan fingerprint density at radius 3 is 2.78 bits per heavy atom. The highest BCUT2D eigenvalue weighted by Crippen LogP contribution is 2.22. The Kier molecular flexibility index (Phi) is 6.16. The summed E-state index contributed by atoms with van der Waals surface area (Å²) < 4.78 is 9.90. The van der Waals surface area contributed by atoms with E-state index in [1.54, 1.807) is 13.3 Å². The summed E-state index contributed by atoms with van der Waals surface area (Å²) >= 11 is 1.28. The molecule has 1 saturated heterocycles. The maximum Gasteiger partial charge on any atom is 0.302 e. The van der Waals surface area contributed by atoms with Gasteiger partial charge in [-0.1, -0.05) is 11.8 Å². The lowest BCUT2D eigenvalue weighted by Gasteiger charge is -2.04. The van der Waals surface area contributed by atoms with Crippen LogP contribution in [0.4, 0.5) is 0 Å². The number of nitrogens with zero attached hydrogens (tertiary/aromatic N) is 2. The number of amides is 1. The first-order valence-corrected chi connectivity index (χ1v) is 7.82. The fourth-order valence-corrected chi connectivity index (χ4v) is 2.69. The van der Waals surface area contributed by atoms with Crippen molar-refractivity contribution in [2.75, 3.05) is 13.7 Å². The van der Waals surface area contributed by atoms with Crippen molar-refractivity contribution in [3.8, 4) is 5.75 Å². The lowest BCUT2D eigenvalue weighted by Crippen LogP contribution is -2.25. The second-order valence-corrected chi connectivity index (χ2v) is 5.84. The molecule has 23 heavy (non-hydrogen) atoms. The predicted octanol–water partition coefficient (Wildman–Crippen LogP) is 1.57. The molecule has 1 aliphatic heterocycles. The number of benzene rings is 1. The average molecular weight is 335 g/mol. The van der Waals surface area contributed by atoms with Crippen LogP contribution in [-0.4, -0.2) is 42.2 Å². The van der Waals surface area contributed by atoms with E-state index in [9.17, 15) is 9.59 Å². The van der Waals surface area contributed by atoms with E-state index in [2.05, 4.69) is 15.5 Å². The van der Waals surface area contributed by atoms with E-state index in [1.165, 1.54) is 18.7 Å². The highest BCUT2D eigenvalue weighted by Gasteiger charge is 2.30. The maximum atomic E-state index is 11.7. The minimum Gasteiger partial charge on any atom is -0.497 e. The molecule has 1 heterocycles. The SMILES string of the molecule is COc1ccc(/C=N/N=C2\NC(=O)C(CCOC(C)=O)S2)cc1. The summed E-state index contributed by atoms with van der Waals surface area (Å²) in [7, 11) is 1.60. The van der Waals surface area contributed by atoms with Crippen LogP contribution in [0, 0.1) is 0 Å². The summed E-state index contributed by atoms with van der Waals surface area (Å²) in [6.07, 6.45) is 2.03. The number of hydrogen-bond donors (Lipinski definition) is 1. The number of rotatable bonds is 6. The summed E-state index contributed by atoms with van der Waals surface area (Å²) in [6, 6.07) is 7.35. The van der Waals surface area contributed by atoms with Crippen LogP contribution in [-0.2, 0) is 14.3 Å². The van der Waals surface area contributed by atoms with E-state index < -0.39 is 0 Å². The van der Waals surface area contributed by atoms with Gasteiger partial charge in [-0.25, -0.2) is 0 Å². The quantitative estimate of drug-likeness (QED) is 0.484. The van der Waals surface area contributed by atoms with Crippen LogP contribution in [0.2, 0.25) is 0 Å². The van der Waals surface area contributed by atoms with Crippen molar-refractivity contribution < 1.29 is 19.1 Å². The lowest BCUT2D eigenvalue weighted by molar-refractivity contribution is -0.141. The maximum absolute atomic E-state index is 11.7. The van der Waals surface area contributed by atoms with E-state index in [4.69, 9.17) is 9.47 Å². The van der Waals surface area contributed by atoms with E-state index >= 15 is 0 Å². The van der Waals surface area contributed by atoms with Crippen molar-refractivity contribution in [3.05, 3.63) is 29.8 Å². The van der Waals surface area contributed by atoms with E-state index in [0.29, 0.717) is 11.6 Å². The van der Waals surface area contributed by atoms with Crippen molar-refractivity contribution in [1.82, 2.24) is 5.32 Å². The van der Waals surface area contributed by atoms with Gasteiger partial charge in [0.2, 0.25) is 5.91 Å². The summed E-state index contributed by atoms with van der Waals surface area (Å²) in [4.78, 5) is 22.4. The first-order valence-electron chi connectivity index (χ1n) is 6.94. The van der Waals surface area contributed by atoms with Crippen LogP contribution in [0.1, 0.15) is 18.9 Å². The van der Waals surface area contributed by atoms with Crippen molar-refractivity contribution in [2.45, 2.75) is 18.6 Å².